The number of piperazine rings is 1. The molecule has 0 radical (unpaired) electrons. The van der Waals surface area contributed by atoms with Gasteiger partial charge in [0.15, 0.2) is 0 Å². The largest absolute Gasteiger partial charge is 0.335 e. The monoisotopic (exact) mass is 398 g/mol. The normalized spacial score (nSPS) is 18.6. The molecule has 27 heavy (non-hydrogen) atoms. The number of aromatic nitrogens is 1. The van der Waals surface area contributed by atoms with Crippen molar-refractivity contribution in [1.29, 1.82) is 0 Å². The van der Waals surface area contributed by atoms with Crippen LogP contribution in [-0.4, -0.2) is 64.7 Å². The zero-order valence-corrected chi connectivity index (χ0v) is 15.9. The van der Waals surface area contributed by atoms with Gasteiger partial charge in [0, 0.05) is 38.4 Å². The van der Waals surface area contributed by atoms with E-state index in [4.69, 9.17) is 0 Å². The van der Waals surface area contributed by atoms with Crippen LogP contribution in [0, 0.1) is 0 Å². The van der Waals surface area contributed by atoms with Gasteiger partial charge < -0.3 is 15.1 Å². The number of hydrogen-bond donors (Lipinski definition) is 1. The third-order valence-corrected chi connectivity index (χ3v) is 5.72. The maximum Gasteiger partial charge on any atom is 0.317 e. The molecule has 1 aliphatic carbocycles. The van der Waals surface area contributed by atoms with Gasteiger partial charge in [0.1, 0.15) is 5.03 Å². The standard InChI is InChI=1S/C18H24F2N4O2S/c19-17(20)27-15-14(7-4-8-21-15)16(25)23-9-11-24(12-10-23)18(26)22-13-5-2-1-3-6-13/h4,7-8,13,17H,1-3,5-6,9-12H2,(H,22,26). The minimum absolute atomic E-state index is 0.0370. The molecule has 6 nitrogen and oxygen atoms in total. The second-order valence-electron chi connectivity index (χ2n) is 6.80. The first-order valence-corrected chi connectivity index (χ1v) is 10.2. The lowest BCUT2D eigenvalue weighted by molar-refractivity contribution is 0.0658. The highest BCUT2D eigenvalue weighted by molar-refractivity contribution is 7.99. The molecule has 1 saturated heterocycles. The van der Waals surface area contributed by atoms with Gasteiger partial charge in [-0.25, -0.2) is 9.78 Å². The fraction of sp³-hybridized carbons (Fsp3) is 0.611. The lowest BCUT2D eigenvalue weighted by Crippen LogP contribution is -2.54. The third-order valence-electron chi connectivity index (χ3n) is 4.99. The number of hydrogen-bond acceptors (Lipinski definition) is 4. The highest BCUT2D eigenvalue weighted by Gasteiger charge is 2.28. The maximum absolute atomic E-state index is 12.7. The van der Waals surface area contributed by atoms with Crippen LogP contribution in [0.3, 0.4) is 0 Å². The molecule has 1 saturated carbocycles. The Kier molecular flexibility index (Phi) is 6.87. The van der Waals surface area contributed by atoms with E-state index in [0.717, 1.165) is 25.7 Å². The van der Waals surface area contributed by atoms with Crippen LogP contribution in [0.4, 0.5) is 13.6 Å². The van der Waals surface area contributed by atoms with Gasteiger partial charge >= 0.3 is 6.03 Å². The van der Waals surface area contributed by atoms with Gasteiger partial charge in [-0.2, -0.15) is 8.78 Å². The Morgan fingerprint density at radius 2 is 1.78 bits per heavy atom. The summed E-state index contributed by atoms with van der Waals surface area (Å²) in [7, 11) is 0. The van der Waals surface area contributed by atoms with E-state index in [1.165, 1.54) is 18.7 Å². The first-order valence-electron chi connectivity index (χ1n) is 9.29. The van der Waals surface area contributed by atoms with Crippen LogP contribution in [0.25, 0.3) is 0 Å². The van der Waals surface area contributed by atoms with Crippen LogP contribution in [0.5, 0.6) is 0 Å². The van der Waals surface area contributed by atoms with Crippen molar-refractivity contribution in [2.75, 3.05) is 26.2 Å². The maximum atomic E-state index is 12.7. The lowest BCUT2D eigenvalue weighted by Gasteiger charge is -2.36. The number of carbonyl (C=O) groups excluding carboxylic acids is 2. The number of nitrogens with one attached hydrogen (secondary N) is 1. The molecule has 0 unspecified atom stereocenters. The van der Waals surface area contributed by atoms with Crippen LogP contribution in [0.2, 0.25) is 0 Å². The summed E-state index contributed by atoms with van der Waals surface area (Å²) in [5.74, 6) is -2.95. The molecular formula is C18H24F2N4O2S. The van der Waals surface area contributed by atoms with Gasteiger partial charge in [-0.05, 0) is 36.7 Å². The Labute approximate surface area is 161 Å². The second kappa shape index (κ2) is 9.34. The Hall–Kier alpha value is -1.90. The summed E-state index contributed by atoms with van der Waals surface area (Å²) in [5, 5.41) is 3.12. The van der Waals surface area contributed by atoms with Gasteiger partial charge in [0.2, 0.25) is 0 Å². The van der Waals surface area contributed by atoms with Crippen molar-refractivity contribution in [1.82, 2.24) is 20.1 Å². The van der Waals surface area contributed by atoms with Gasteiger partial charge in [-0.1, -0.05) is 19.3 Å². The number of alkyl halides is 2. The van der Waals surface area contributed by atoms with Crippen LogP contribution in [0.1, 0.15) is 42.5 Å². The summed E-state index contributed by atoms with van der Waals surface area (Å²) < 4.78 is 25.4. The number of pyridine rings is 1. The molecule has 1 aliphatic heterocycles. The third kappa shape index (κ3) is 5.31. The number of carbonyl (C=O) groups is 2. The number of thioether (sulfide) groups is 1. The van der Waals surface area contributed by atoms with E-state index in [1.54, 1.807) is 15.9 Å². The predicted molar refractivity (Wildman–Crippen MR) is 99.0 cm³/mol. The van der Waals surface area contributed by atoms with E-state index in [-0.39, 0.29) is 40.3 Å². The highest BCUT2D eigenvalue weighted by atomic mass is 32.2. The molecule has 1 aromatic rings. The Morgan fingerprint density at radius 1 is 1.11 bits per heavy atom. The molecule has 9 heteroatoms. The molecule has 148 valence electrons. The Bertz CT molecular complexity index is 663. The summed E-state index contributed by atoms with van der Waals surface area (Å²) in [6.45, 7) is 1.62. The summed E-state index contributed by atoms with van der Waals surface area (Å²) in [5.41, 5.74) is 0.183. The lowest BCUT2D eigenvalue weighted by atomic mass is 9.96. The average molecular weight is 398 g/mol. The number of rotatable bonds is 4. The van der Waals surface area contributed by atoms with Crippen LogP contribution in [0.15, 0.2) is 23.4 Å². The minimum atomic E-state index is -2.63. The van der Waals surface area contributed by atoms with Crippen molar-refractivity contribution in [3.05, 3.63) is 23.9 Å². The first kappa shape index (κ1) is 19.9. The fourth-order valence-corrected chi connectivity index (χ4v) is 4.10. The van der Waals surface area contributed by atoms with Crippen molar-refractivity contribution in [2.24, 2.45) is 0 Å². The first-order chi connectivity index (χ1) is 13.0. The van der Waals surface area contributed by atoms with Crippen molar-refractivity contribution >= 4 is 23.7 Å². The van der Waals surface area contributed by atoms with E-state index in [1.807, 2.05) is 0 Å². The van der Waals surface area contributed by atoms with Gasteiger partial charge in [-0.15, -0.1) is 0 Å². The molecule has 2 heterocycles. The predicted octanol–water partition coefficient (Wildman–Crippen LogP) is 3.20. The molecular weight excluding hydrogens is 374 g/mol. The topological polar surface area (TPSA) is 65.5 Å². The van der Waals surface area contributed by atoms with Crippen molar-refractivity contribution < 1.29 is 18.4 Å². The summed E-state index contributed by atoms with van der Waals surface area (Å²) in [6.07, 6.45) is 6.97. The zero-order chi connectivity index (χ0) is 19.2. The van der Waals surface area contributed by atoms with Crippen molar-refractivity contribution in [3.63, 3.8) is 0 Å². The van der Waals surface area contributed by atoms with Crippen LogP contribution < -0.4 is 5.32 Å². The summed E-state index contributed by atoms with van der Waals surface area (Å²) in [6, 6.07) is 3.25. The average Bonchev–Trinajstić information content (AvgIpc) is 2.68. The Balaban J connectivity index is 1.54. The van der Waals surface area contributed by atoms with Crippen LogP contribution in [-0.2, 0) is 0 Å². The second-order valence-corrected chi connectivity index (χ2v) is 7.78. The number of nitrogens with zero attached hydrogens (tertiary/aromatic N) is 3. The fourth-order valence-electron chi connectivity index (χ4n) is 3.53. The van der Waals surface area contributed by atoms with E-state index in [9.17, 15) is 18.4 Å². The highest BCUT2D eigenvalue weighted by Crippen LogP contribution is 2.27. The molecule has 1 N–H and O–H groups in total. The molecule has 3 amide bonds. The molecule has 2 fully saturated rings. The Morgan fingerprint density at radius 3 is 2.44 bits per heavy atom. The summed E-state index contributed by atoms with van der Waals surface area (Å²) >= 11 is 0.276. The van der Waals surface area contributed by atoms with Crippen molar-refractivity contribution in [3.8, 4) is 0 Å². The minimum Gasteiger partial charge on any atom is -0.335 e. The van der Waals surface area contributed by atoms with Gasteiger partial charge in [0.25, 0.3) is 11.7 Å². The van der Waals surface area contributed by atoms with E-state index < -0.39 is 5.76 Å². The number of amides is 3. The van der Waals surface area contributed by atoms with Crippen LogP contribution >= 0.6 is 11.8 Å². The summed E-state index contributed by atoms with van der Waals surface area (Å²) in [4.78, 5) is 32.3. The number of halogens is 2. The molecule has 0 atom stereocenters. The number of urea groups is 1. The SMILES string of the molecule is O=C(NC1CCCCC1)N1CCN(C(=O)c2cccnc2SC(F)F)CC1. The van der Waals surface area contributed by atoms with E-state index in [0.29, 0.717) is 26.2 Å². The molecule has 2 aliphatic rings. The smallest absolute Gasteiger partial charge is 0.317 e. The van der Waals surface area contributed by atoms with Gasteiger partial charge in [-0.3, -0.25) is 4.79 Å². The quantitative estimate of drug-likeness (QED) is 0.791. The van der Waals surface area contributed by atoms with E-state index in [2.05, 4.69) is 10.3 Å². The van der Waals surface area contributed by atoms with E-state index >= 15 is 0 Å². The zero-order valence-electron chi connectivity index (χ0n) is 15.1. The molecule has 0 aromatic carbocycles. The molecule has 0 bridgehead atoms. The molecule has 0 spiro atoms. The van der Waals surface area contributed by atoms with Gasteiger partial charge in [0.05, 0.1) is 5.56 Å². The molecule has 1 aromatic heterocycles. The molecule has 3 rings (SSSR count). The van der Waals surface area contributed by atoms with Crippen molar-refractivity contribution in [2.45, 2.75) is 48.9 Å².